The molecule has 7 heteroatoms. The lowest BCUT2D eigenvalue weighted by atomic mass is 10.2. The van der Waals surface area contributed by atoms with E-state index in [1.54, 1.807) is 30.3 Å². The standard InChI is InChI=1S/C18H19NO5S/c1-13-4-8-15(9-5-13)25(21,22)19-16-12-14(6-10-17(16)23-2)7-11-18(20)24-3/h4-12,19H,1-3H3/b11-7+. The highest BCUT2D eigenvalue weighted by atomic mass is 32.2. The second-order valence-corrected chi connectivity index (χ2v) is 6.92. The molecule has 1 N–H and O–H groups in total. The van der Waals surface area contributed by atoms with E-state index >= 15 is 0 Å². The molecule has 25 heavy (non-hydrogen) atoms. The van der Waals surface area contributed by atoms with E-state index in [4.69, 9.17) is 4.74 Å². The number of carbonyl (C=O) groups is 1. The zero-order valence-corrected chi connectivity index (χ0v) is 15.0. The summed E-state index contributed by atoms with van der Waals surface area (Å²) < 4.78 is 37.3. The van der Waals surface area contributed by atoms with Crippen LogP contribution in [0.4, 0.5) is 5.69 Å². The molecule has 0 bridgehead atoms. The van der Waals surface area contributed by atoms with Gasteiger partial charge in [0.2, 0.25) is 0 Å². The minimum Gasteiger partial charge on any atom is -0.495 e. The molecule has 0 fully saturated rings. The number of rotatable bonds is 6. The largest absolute Gasteiger partial charge is 0.495 e. The van der Waals surface area contributed by atoms with Gasteiger partial charge in [0.05, 0.1) is 24.8 Å². The molecule has 0 aliphatic rings. The maximum absolute atomic E-state index is 12.5. The number of methoxy groups -OCH3 is 2. The van der Waals surface area contributed by atoms with Crippen LogP contribution in [0.5, 0.6) is 5.75 Å². The minimum absolute atomic E-state index is 0.149. The number of benzene rings is 2. The van der Waals surface area contributed by atoms with Gasteiger partial charge >= 0.3 is 5.97 Å². The number of aryl methyl sites for hydroxylation is 1. The van der Waals surface area contributed by atoms with E-state index in [9.17, 15) is 13.2 Å². The summed E-state index contributed by atoms with van der Waals surface area (Å²) in [4.78, 5) is 11.3. The van der Waals surface area contributed by atoms with Crippen LogP contribution in [-0.4, -0.2) is 28.6 Å². The third-order valence-corrected chi connectivity index (χ3v) is 4.79. The summed E-state index contributed by atoms with van der Waals surface area (Å²) >= 11 is 0. The van der Waals surface area contributed by atoms with Crippen molar-refractivity contribution in [2.24, 2.45) is 0 Å². The van der Waals surface area contributed by atoms with E-state index in [1.165, 1.54) is 38.5 Å². The predicted molar refractivity (Wildman–Crippen MR) is 96.0 cm³/mol. The molecule has 0 aromatic heterocycles. The summed E-state index contributed by atoms with van der Waals surface area (Å²) in [6.45, 7) is 1.88. The van der Waals surface area contributed by atoms with Crippen LogP contribution in [0.25, 0.3) is 6.08 Å². The number of esters is 1. The van der Waals surface area contributed by atoms with Crippen molar-refractivity contribution < 1.29 is 22.7 Å². The molecule has 2 aromatic carbocycles. The van der Waals surface area contributed by atoms with Crippen LogP contribution in [0.1, 0.15) is 11.1 Å². The Morgan fingerprint density at radius 3 is 2.36 bits per heavy atom. The van der Waals surface area contributed by atoms with E-state index in [0.717, 1.165) is 5.56 Å². The number of sulfonamides is 1. The Kier molecular flexibility index (Phi) is 5.82. The first kappa shape index (κ1) is 18.5. The van der Waals surface area contributed by atoms with Gasteiger partial charge in [0.15, 0.2) is 0 Å². The first-order valence-electron chi connectivity index (χ1n) is 7.39. The number of carbonyl (C=O) groups excluding carboxylic acids is 1. The lowest BCUT2D eigenvalue weighted by Crippen LogP contribution is -2.13. The lowest BCUT2D eigenvalue weighted by molar-refractivity contribution is -0.134. The number of ether oxygens (including phenoxy) is 2. The van der Waals surface area contributed by atoms with E-state index in [0.29, 0.717) is 11.3 Å². The summed E-state index contributed by atoms with van der Waals surface area (Å²) in [7, 11) is -1.03. The van der Waals surface area contributed by atoms with Crippen LogP contribution in [-0.2, 0) is 19.6 Å². The van der Waals surface area contributed by atoms with Crippen molar-refractivity contribution in [2.45, 2.75) is 11.8 Å². The monoisotopic (exact) mass is 361 g/mol. The Bertz CT molecular complexity index is 886. The summed E-state index contributed by atoms with van der Waals surface area (Å²) in [5.41, 5.74) is 1.86. The summed E-state index contributed by atoms with van der Waals surface area (Å²) in [6, 6.07) is 11.4. The van der Waals surface area contributed by atoms with Gasteiger partial charge in [0.25, 0.3) is 10.0 Å². The Balaban J connectivity index is 2.35. The highest BCUT2D eigenvalue weighted by Crippen LogP contribution is 2.28. The molecule has 2 rings (SSSR count). The van der Waals surface area contributed by atoms with Crippen LogP contribution >= 0.6 is 0 Å². The van der Waals surface area contributed by atoms with Crippen molar-refractivity contribution in [3.8, 4) is 5.75 Å². The minimum atomic E-state index is -3.76. The highest BCUT2D eigenvalue weighted by molar-refractivity contribution is 7.92. The molecule has 0 atom stereocenters. The van der Waals surface area contributed by atoms with Gasteiger partial charge in [0.1, 0.15) is 5.75 Å². The Morgan fingerprint density at radius 1 is 1.08 bits per heavy atom. The molecule has 0 amide bonds. The molecule has 0 aliphatic heterocycles. The van der Waals surface area contributed by atoms with E-state index in [1.807, 2.05) is 6.92 Å². The van der Waals surface area contributed by atoms with Crippen molar-refractivity contribution >= 4 is 27.8 Å². The van der Waals surface area contributed by atoms with Gasteiger partial charge in [-0.3, -0.25) is 4.72 Å². The predicted octanol–water partition coefficient (Wildman–Crippen LogP) is 2.99. The van der Waals surface area contributed by atoms with E-state index in [-0.39, 0.29) is 10.6 Å². The number of nitrogens with one attached hydrogen (secondary N) is 1. The van der Waals surface area contributed by atoms with Crippen LogP contribution in [0.2, 0.25) is 0 Å². The SMILES string of the molecule is COC(=O)/C=C/c1ccc(OC)c(NS(=O)(=O)c2ccc(C)cc2)c1. The maximum atomic E-state index is 12.5. The average Bonchev–Trinajstić information content (AvgIpc) is 2.59. The summed E-state index contributed by atoms with van der Waals surface area (Å²) in [5, 5.41) is 0. The molecule has 0 spiro atoms. The number of hydrogen-bond donors (Lipinski definition) is 1. The second kappa shape index (κ2) is 7.85. The Morgan fingerprint density at radius 2 is 1.76 bits per heavy atom. The van der Waals surface area contributed by atoms with Crippen molar-refractivity contribution in [3.05, 3.63) is 59.7 Å². The first-order valence-corrected chi connectivity index (χ1v) is 8.87. The number of hydrogen-bond acceptors (Lipinski definition) is 5. The van der Waals surface area contributed by atoms with Crippen molar-refractivity contribution in [2.75, 3.05) is 18.9 Å². The summed E-state index contributed by atoms with van der Waals surface area (Å²) in [5.74, 6) is -0.136. The molecule has 0 heterocycles. The van der Waals surface area contributed by atoms with Crippen molar-refractivity contribution in [3.63, 3.8) is 0 Å². The topological polar surface area (TPSA) is 81.7 Å². The van der Waals surface area contributed by atoms with Gasteiger partial charge in [-0.15, -0.1) is 0 Å². The van der Waals surface area contributed by atoms with Gasteiger partial charge in [-0.1, -0.05) is 23.8 Å². The van der Waals surface area contributed by atoms with E-state index in [2.05, 4.69) is 9.46 Å². The number of anilines is 1. The molecular weight excluding hydrogens is 342 g/mol. The second-order valence-electron chi connectivity index (χ2n) is 5.23. The Labute approximate surface area is 147 Å². The fourth-order valence-electron chi connectivity index (χ4n) is 2.06. The van der Waals surface area contributed by atoms with Gasteiger partial charge in [-0.25, -0.2) is 13.2 Å². The molecule has 0 aliphatic carbocycles. The van der Waals surface area contributed by atoms with Crippen LogP contribution in [0.15, 0.2) is 53.4 Å². The average molecular weight is 361 g/mol. The molecule has 0 radical (unpaired) electrons. The van der Waals surface area contributed by atoms with Crippen LogP contribution in [0.3, 0.4) is 0 Å². The molecule has 2 aromatic rings. The molecule has 0 unspecified atom stereocenters. The maximum Gasteiger partial charge on any atom is 0.330 e. The van der Waals surface area contributed by atoms with Crippen molar-refractivity contribution in [1.82, 2.24) is 0 Å². The quantitative estimate of drug-likeness (QED) is 0.632. The molecule has 132 valence electrons. The van der Waals surface area contributed by atoms with Gasteiger partial charge < -0.3 is 9.47 Å². The fraction of sp³-hybridized carbons (Fsp3) is 0.167. The Hall–Kier alpha value is -2.80. The first-order chi connectivity index (χ1) is 11.9. The van der Waals surface area contributed by atoms with E-state index < -0.39 is 16.0 Å². The van der Waals surface area contributed by atoms with Crippen LogP contribution < -0.4 is 9.46 Å². The van der Waals surface area contributed by atoms with Gasteiger partial charge in [-0.2, -0.15) is 0 Å². The fourth-order valence-corrected chi connectivity index (χ4v) is 3.12. The van der Waals surface area contributed by atoms with Gasteiger partial charge in [-0.05, 0) is 42.8 Å². The molecular formula is C18H19NO5S. The highest BCUT2D eigenvalue weighted by Gasteiger charge is 2.16. The zero-order chi connectivity index (χ0) is 18.4. The molecule has 0 saturated carbocycles. The van der Waals surface area contributed by atoms with Crippen molar-refractivity contribution in [1.29, 1.82) is 0 Å². The lowest BCUT2D eigenvalue weighted by Gasteiger charge is -2.13. The normalized spacial score (nSPS) is 11.3. The summed E-state index contributed by atoms with van der Waals surface area (Å²) in [6.07, 6.45) is 2.77. The van der Waals surface area contributed by atoms with Crippen LogP contribution in [0, 0.1) is 6.92 Å². The molecule has 6 nitrogen and oxygen atoms in total. The third-order valence-electron chi connectivity index (χ3n) is 3.41. The smallest absolute Gasteiger partial charge is 0.330 e. The molecule has 0 saturated heterocycles. The third kappa shape index (κ3) is 4.84. The van der Waals surface area contributed by atoms with Gasteiger partial charge in [0, 0.05) is 6.08 Å². The zero-order valence-electron chi connectivity index (χ0n) is 14.1.